The molecule has 0 bridgehead atoms. The average Bonchev–Trinajstić information content (AvgIpc) is 3.22. The van der Waals surface area contributed by atoms with Crippen LogP contribution in [0.5, 0.6) is 0 Å². The normalized spacial score (nSPS) is 15.3. The highest BCUT2D eigenvalue weighted by Gasteiger charge is 2.29. The Morgan fingerprint density at radius 3 is 2.58 bits per heavy atom. The Hall–Kier alpha value is -3.10. The van der Waals surface area contributed by atoms with Gasteiger partial charge in [0.2, 0.25) is 16.0 Å². The van der Waals surface area contributed by atoms with Crippen LogP contribution in [0.15, 0.2) is 35.7 Å². The Morgan fingerprint density at radius 1 is 1.15 bits per heavy atom. The molecule has 33 heavy (non-hydrogen) atoms. The zero-order valence-electron chi connectivity index (χ0n) is 18.8. The summed E-state index contributed by atoms with van der Waals surface area (Å²) < 4.78 is 27.7. The summed E-state index contributed by atoms with van der Waals surface area (Å²) in [6, 6.07) is 9.27. The number of anilines is 4. The summed E-state index contributed by atoms with van der Waals surface area (Å²) in [6.07, 6.45) is 3.88. The first-order valence-corrected chi connectivity index (χ1v) is 13.1. The van der Waals surface area contributed by atoms with Crippen molar-refractivity contribution >= 4 is 54.7 Å². The lowest BCUT2D eigenvalue weighted by Crippen LogP contribution is -2.36. The second kappa shape index (κ2) is 9.03. The number of sulfonamides is 1. The number of piperidine rings is 1. The van der Waals surface area contributed by atoms with Crippen LogP contribution in [0.4, 0.5) is 23.1 Å². The maximum Gasteiger partial charge on any atom is 0.237 e. The van der Waals surface area contributed by atoms with Crippen molar-refractivity contribution < 1.29 is 8.42 Å². The van der Waals surface area contributed by atoms with Gasteiger partial charge in [0.15, 0.2) is 12.0 Å². The third kappa shape index (κ3) is 5.29. The molecule has 0 unspecified atom stereocenters. The van der Waals surface area contributed by atoms with Crippen molar-refractivity contribution in [2.75, 3.05) is 28.4 Å². The number of aromatic nitrogens is 2. The van der Waals surface area contributed by atoms with Crippen LogP contribution in [0.2, 0.25) is 0 Å². The molecular weight excluding hydrogens is 458 g/mol. The zero-order valence-corrected chi connectivity index (χ0v) is 20.4. The molecule has 1 fully saturated rings. The molecule has 0 spiro atoms. The monoisotopic (exact) mass is 485 g/mol. The average molecular weight is 486 g/mol. The minimum absolute atomic E-state index is 0.202. The van der Waals surface area contributed by atoms with Crippen LogP contribution in [0, 0.1) is 11.5 Å². The van der Waals surface area contributed by atoms with Crippen molar-refractivity contribution in [1.82, 2.24) is 14.9 Å². The Balaban J connectivity index is 1.55. The summed E-state index contributed by atoms with van der Waals surface area (Å²) >= 11 is 1.54. The molecule has 0 saturated carbocycles. The Labute approximate surface area is 197 Å². The van der Waals surface area contributed by atoms with E-state index in [0.717, 1.165) is 36.1 Å². The molecule has 3 N–H and O–H groups in total. The lowest BCUT2D eigenvalue weighted by atomic mass is 10.1. The third-order valence-corrected chi connectivity index (χ3v) is 8.48. The minimum atomic E-state index is -3.53. The van der Waals surface area contributed by atoms with Crippen molar-refractivity contribution in [2.45, 2.75) is 44.4 Å². The summed E-state index contributed by atoms with van der Waals surface area (Å²) in [5.41, 5.74) is 2.03. The summed E-state index contributed by atoms with van der Waals surface area (Å²) in [5, 5.41) is 17.7. The summed E-state index contributed by atoms with van der Waals surface area (Å²) in [6.45, 7) is 6.41. The molecule has 4 rings (SSSR count). The molecular formula is C22H27N7O2S2. The lowest BCUT2D eigenvalue weighted by molar-refractivity contribution is 0.305. The van der Waals surface area contributed by atoms with Crippen molar-refractivity contribution in [3.05, 3.63) is 35.7 Å². The highest BCUT2D eigenvalue weighted by Crippen LogP contribution is 2.31. The molecule has 0 aliphatic carbocycles. The van der Waals surface area contributed by atoms with Gasteiger partial charge in [-0.05, 0) is 63.3 Å². The fourth-order valence-corrected chi connectivity index (χ4v) is 4.94. The van der Waals surface area contributed by atoms with Gasteiger partial charge in [-0.2, -0.15) is 10.2 Å². The quantitative estimate of drug-likeness (QED) is 0.441. The standard InChI is InChI=1S/C22H27N7O2S2/c1-22(2,3)33(30,31)28-17-6-4-5-16(13-17)24-20-19-18(9-12-32-19)26-21(27-20)25-15-7-10-29(14-23)11-8-15/h4-6,9,12-13,15,28H,7-8,10-11H2,1-3H3,(H2,24,25,26,27). The molecule has 9 nitrogen and oxygen atoms in total. The van der Waals surface area contributed by atoms with Crippen LogP contribution in [-0.4, -0.2) is 47.2 Å². The van der Waals surface area contributed by atoms with Crippen LogP contribution < -0.4 is 15.4 Å². The summed E-state index contributed by atoms with van der Waals surface area (Å²) in [7, 11) is -3.53. The van der Waals surface area contributed by atoms with Crippen molar-refractivity contribution in [3.8, 4) is 6.19 Å². The van der Waals surface area contributed by atoms with Gasteiger partial charge < -0.3 is 15.5 Å². The molecule has 0 radical (unpaired) electrons. The lowest BCUT2D eigenvalue weighted by Gasteiger charge is -2.28. The molecule has 1 aromatic carbocycles. The fourth-order valence-electron chi connectivity index (χ4n) is 3.42. The number of nitrogens with one attached hydrogen (secondary N) is 3. The van der Waals surface area contributed by atoms with E-state index in [1.807, 2.05) is 17.5 Å². The van der Waals surface area contributed by atoms with E-state index in [1.165, 1.54) is 11.3 Å². The van der Waals surface area contributed by atoms with E-state index in [4.69, 9.17) is 10.2 Å². The smallest absolute Gasteiger partial charge is 0.237 e. The molecule has 1 aliphatic rings. The Bertz CT molecular complexity index is 1280. The van der Waals surface area contributed by atoms with Gasteiger partial charge in [0, 0.05) is 24.8 Å². The number of likely N-dealkylation sites (tertiary alicyclic amines) is 1. The predicted molar refractivity (Wildman–Crippen MR) is 133 cm³/mol. The molecule has 1 aliphatic heterocycles. The molecule has 0 amide bonds. The number of rotatable bonds is 6. The van der Waals surface area contributed by atoms with E-state index in [1.54, 1.807) is 43.9 Å². The van der Waals surface area contributed by atoms with Gasteiger partial charge in [-0.15, -0.1) is 11.3 Å². The molecule has 1 saturated heterocycles. The number of hydrogen-bond donors (Lipinski definition) is 3. The second-order valence-electron chi connectivity index (χ2n) is 8.96. The van der Waals surface area contributed by atoms with Crippen LogP contribution >= 0.6 is 11.3 Å². The van der Waals surface area contributed by atoms with Gasteiger partial charge in [0.05, 0.1) is 20.7 Å². The predicted octanol–water partition coefficient (Wildman–Crippen LogP) is 4.33. The van der Waals surface area contributed by atoms with E-state index >= 15 is 0 Å². The van der Waals surface area contributed by atoms with E-state index in [2.05, 4.69) is 26.5 Å². The van der Waals surface area contributed by atoms with Gasteiger partial charge >= 0.3 is 0 Å². The third-order valence-electron chi connectivity index (χ3n) is 5.46. The number of thiophene rings is 1. The van der Waals surface area contributed by atoms with Gasteiger partial charge in [-0.25, -0.2) is 13.4 Å². The van der Waals surface area contributed by atoms with Crippen LogP contribution in [0.3, 0.4) is 0 Å². The SMILES string of the molecule is CC(C)(C)S(=O)(=O)Nc1cccc(Nc2nc(NC3CCN(C#N)CC3)nc3ccsc23)c1. The fraction of sp³-hybridized carbons (Fsp3) is 0.409. The van der Waals surface area contributed by atoms with Crippen LogP contribution in [0.1, 0.15) is 33.6 Å². The van der Waals surface area contributed by atoms with Gasteiger partial charge in [0.1, 0.15) is 0 Å². The highest BCUT2D eigenvalue weighted by molar-refractivity contribution is 7.94. The molecule has 3 heterocycles. The molecule has 11 heteroatoms. The van der Waals surface area contributed by atoms with Crippen LogP contribution in [0.25, 0.3) is 10.2 Å². The molecule has 0 atom stereocenters. The topological polar surface area (TPSA) is 123 Å². The molecule has 174 valence electrons. The van der Waals surface area contributed by atoms with E-state index < -0.39 is 14.8 Å². The number of benzene rings is 1. The van der Waals surface area contributed by atoms with Gasteiger partial charge in [0.25, 0.3) is 0 Å². The maximum absolute atomic E-state index is 12.5. The minimum Gasteiger partial charge on any atom is -0.351 e. The number of nitriles is 1. The highest BCUT2D eigenvalue weighted by atomic mass is 32.2. The molecule has 2 aromatic heterocycles. The largest absolute Gasteiger partial charge is 0.351 e. The van der Waals surface area contributed by atoms with E-state index in [0.29, 0.717) is 23.1 Å². The Kier molecular flexibility index (Phi) is 6.32. The van der Waals surface area contributed by atoms with E-state index in [-0.39, 0.29) is 6.04 Å². The maximum atomic E-state index is 12.5. The van der Waals surface area contributed by atoms with Gasteiger partial charge in [-0.3, -0.25) is 4.72 Å². The number of fused-ring (bicyclic) bond motifs is 1. The first kappa shape index (κ1) is 23.1. The van der Waals surface area contributed by atoms with Gasteiger partial charge in [-0.1, -0.05) is 6.07 Å². The number of nitrogens with zero attached hydrogens (tertiary/aromatic N) is 4. The summed E-state index contributed by atoms with van der Waals surface area (Å²) in [5.74, 6) is 1.19. The van der Waals surface area contributed by atoms with Crippen molar-refractivity contribution in [3.63, 3.8) is 0 Å². The zero-order chi connectivity index (χ0) is 23.6. The molecule has 3 aromatic rings. The van der Waals surface area contributed by atoms with Crippen molar-refractivity contribution in [2.24, 2.45) is 0 Å². The second-order valence-corrected chi connectivity index (χ2v) is 12.3. The number of hydrogen-bond acceptors (Lipinski definition) is 9. The first-order chi connectivity index (χ1) is 15.6. The van der Waals surface area contributed by atoms with Crippen LogP contribution in [-0.2, 0) is 10.0 Å². The first-order valence-electron chi connectivity index (χ1n) is 10.7. The summed E-state index contributed by atoms with van der Waals surface area (Å²) in [4.78, 5) is 11.1. The van der Waals surface area contributed by atoms with E-state index in [9.17, 15) is 8.42 Å². The Morgan fingerprint density at radius 2 is 1.88 bits per heavy atom. The van der Waals surface area contributed by atoms with Crippen molar-refractivity contribution in [1.29, 1.82) is 5.26 Å².